The fraction of sp³-hybridized carbons (Fsp3) is 0.333. The first kappa shape index (κ1) is 7.40. The van der Waals surface area contributed by atoms with Crippen LogP contribution in [0, 0.1) is 0 Å². The second kappa shape index (κ2) is 4.56. The van der Waals surface area contributed by atoms with Gasteiger partial charge >= 0.3 is 0 Å². The Morgan fingerprint density at radius 3 is 2.62 bits per heavy atom. The molecule has 46 valence electrons. The molecule has 0 aromatic rings. The summed E-state index contributed by atoms with van der Waals surface area (Å²) in [6.07, 6.45) is 3.85. The van der Waals surface area contributed by atoms with Gasteiger partial charge in [0.05, 0.1) is 12.7 Å². The highest BCUT2D eigenvalue weighted by Gasteiger charge is 1.89. The highest BCUT2D eigenvalue weighted by atomic mass is 16.3. The van der Waals surface area contributed by atoms with Crippen LogP contribution in [0.3, 0.4) is 0 Å². The Balaban J connectivity index is 3.35. The van der Waals surface area contributed by atoms with Crippen LogP contribution in [0.25, 0.3) is 0 Å². The average Bonchev–Trinajstić information content (AvgIpc) is 1.83. The number of hydrogen-bond acceptors (Lipinski definition) is 2. The van der Waals surface area contributed by atoms with E-state index in [1.807, 2.05) is 0 Å². The first-order valence-corrected chi connectivity index (χ1v) is 2.39. The smallest absolute Gasteiger partial charge is 0.0954 e. The molecule has 1 atom stereocenters. The van der Waals surface area contributed by atoms with Crippen molar-refractivity contribution in [2.24, 2.45) is 0 Å². The monoisotopic (exact) mass is 114 g/mol. The summed E-state index contributed by atoms with van der Waals surface area (Å²) >= 11 is 0. The number of rotatable bonds is 3. The van der Waals surface area contributed by atoms with Gasteiger partial charge in [-0.15, -0.1) is 0 Å². The largest absolute Gasteiger partial charge is 0.393 e. The van der Waals surface area contributed by atoms with E-state index >= 15 is 0 Å². The minimum absolute atomic E-state index is 0.232. The van der Waals surface area contributed by atoms with Crippen LogP contribution in [0.4, 0.5) is 0 Å². The van der Waals surface area contributed by atoms with Crippen molar-refractivity contribution in [2.45, 2.75) is 6.10 Å². The topological polar surface area (TPSA) is 40.5 Å². The van der Waals surface area contributed by atoms with E-state index in [0.29, 0.717) is 0 Å². The molecule has 1 unspecified atom stereocenters. The van der Waals surface area contributed by atoms with Crippen LogP contribution < -0.4 is 0 Å². The minimum Gasteiger partial charge on any atom is -0.393 e. The van der Waals surface area contributed by atoms with Gasteiger partial charge in [0.1, 0.15) is 0 Å². The van der Waals surface area contributed by atoms with Gasteiger partial charge in [0.25, 0.3) is 0 Å². The molecule has 0 saturated carbocycles. The van der Waals surface area contributed by atoms with E-state index in [1.54, 1.807) is 12.2 Å². The van der Waals surface area contributed by atoms with Crippen molar-refractivity contribution < 1.29 is 10.2 Å². The summed E-state index contributed by atoms with van der Waals surface area (Å²) in [6, 6.07) is 0. The molecule has 0 spiro atoms. The van der Waals surface area contributed by atoms with Gasteiger partial charge in [-0.05, 0) is 0 Å². The summed E-state index contributed by atoms with van der Waals surface area (Å²) in [6.45, 7) is 3.16. The molecule has 0 saturated heterocycles. The van der Waals surface area contributed by atoms with Crippen molar-refractivity contribution in [2.75, 3.05) is 6.61 Å². The van der Waals surface area contributed by atoms with E-state index in [0.717, 1.165) is 0 Å². The predicted octanol–water partition coefficient (Wildman–Crippen LogP) is 0.0818. The zero-order chi connectivity index (χ0) is 6.41. The van der Waals surface area contributed by atoms with Crippen molar-refractivity contribution in [3.63, 3.8) is 0 Å². The molecule has 0 radical (unpaired) electrons. The Bertz CT molecular complexity index is 86.5. The lowest BCUT2D eigenvalue weighted by Crippen LogP contribution is -2.06. The van der Waals surface area contributed by atoms with Crippen LogP contribution in [0.2, 0.25) is 0 Å². The van der Waals surface area contributed by atoms with Gasteiger partial charge in [-0.2, -0.15) is 0 Å². The summed E-state index contributed by atoms with van der Waals surface area (Å²) < 4.78 is 0. The van der Waals surface area contributed by atoms with Gasteiger partial charge in [-0.25, -0.2) is 0 Å². The van der Waals surface area contributed by atoms with E-state index in [9.17, 15) is 0 Å². The Morgan fingerprint density at radius 2 is 2.25 bits per heavy atom. The van der Waals surface area contributed by atoms with E-state index < -0.39 is 6.10 Å². The van der Waals surface area contributed by atoms with Gasteiger partial charge < -0.3 is 10.2 Å². The third-order valence-corrected chi connectivity index (χ3v) is 0.656. The Hall–Kier alpha value is -0.600. The Morgan fingerprint density at radius 1 is 1.62 bits per heavy atom. The third kappa shape index (κ3) is 3.59. The molecule has 0 heterocycles. The average molecular weight is 114 g/mol. The SMILES string of the molecule is C=CC=CC(O)CO. The minimum atomic E-state index is -0.743. The fourth-order valence-electron chi connectivity index (χ4n) is 0.268. The van der Waals surface area contributed by atoms with Crippen molar-refractivity contribution in [3.05, 3.63) is 24.8 Å². The molecule has 2 heteroatoms. The lowest BCUT2D eigenvalue weighted by atomic mass is 10.3. The van der Waals surface area contributed by atoms with Crippen molar-refractivity contribution >= 4 is 0 Å². The van der Waals surface area contributed by atoms with Crippen LogP contribution in [0.15, 0.2) is 24.8 Å². The van der Waals surface area contributed by atoms with E-state index in [-0.39, 0.29) is 6.61 Å². The molecule has 0 bridgehead atoms. The summed E-state index contributed by atoms with van der Waals surface area (Å²) in [5.41, 5.74) is 0. The molecule has 2 nitrogen and oxygen atoms in total. The lowest BCUT2D eigenvalue weighted by molar-refractivity contribution is 0.131. The molecule has 0 aliphatic carbocycles. The number of aliphatic hydroxyl groups is 2. The molecular weight excluding hydrogens is 104 g/mol. The molecule has 0 aromatic heterocycles. The first-order valence-electron chi connectivity index (χ1n) is 2.39. The molecule has 0 aliphatic heterocycles. The maximum Gasteiger partial charge on any atom is 0.0954 e. The van der Waals surface area contributed by atoms with Gasteiger partial charge in [0.15, 0.2) is 0 Å². The first-order chi connectivity index (χ1) is 3.81. The number of allylic oxidation sites excluding steroid dienone is 2. The predicted molar refractivity (Wildman–Crippen MR) is 32.4 cm³/mol. The van der Waals surface area contributed by atoms with Crippen molar-refractivity contribution in [1.29, 1.82) is 0 Å². The van der Waals surface area contributed by atoms with Crippen molar-refractivity contribution in [3.8, 4) is 0 Å². The zero-order valence-corrected chi connectivity index (χ0v) is 4.62. The van der Waals surface area contributed by atoms with Crippen molar-refractivity contribution in [1.82, 2.24) is 0 Å². The van der Waals surface area contributed by atoms with Crippen LogP contribution in [-0.2, 0) is 0 Å². The van der Waals surface area contributed by atoms with E-state index in [2.05, 4.69) is 6.58 Å². The van der Waals surface area contributed by atoms with Crippen LogP contribution in [0.5, 0.6) is 0 Å². The van der Waals surface area contributed by atoms with Crippen LogP contribution in [0.1, 0.15) is 0 Å². The zero-order valence-electron chi connectivity index (χ0n) is 4.62. The quantitative estimate of drug-likeness (QED) is 0.510. The second-order valence-electron chi connectivity index (χ2n) is 1.37. The Kier molecular flexibility index (Phi) is 4.21. The molecule has 0 aromatic carbocycles. The molecule has 0 aliphatic rings. The maximum absolute atomic E-state index is 8.60. The summed E-state index contributed by atoms with van der Waals surface area (Å²) in [7, 11) is 0. The number of hydrogen-bond donors (Lipinski definition) is 2. The summed E-state index contributed by atoms with van der Waals surface area (Å²) in [5, 5.41) is 16.8. The molecule has 0 amide bonds. The highest BCUT2D eigenvalue weighted by Crippen LogP contribution is 1.82. The normalized spacial score (nSPS) is 14.2. The Labute approximate surface area is 48.8 Å². The standard InChI is InChI=1S/C6H10O2/c1-2-3-4-6(8)5-7/h2-4,6-8H,1,5H2. The van der Waals surface area contributed by atoms with Crippen LogP contribution in [-0.4, -0.2) is 22.9 Å². The molecule has 8 heavy (non-hydrogen) atoms. The summed E-state index contributed by atoms with van der Waals surface area (Å²) in [4.78, 5) is 0. The molecular formula is C6H10O2. The van der Waals surface area contributed by atoms with E-state index in [1.165, 1.54) is 6.08 Å². The van der Waals surface area contributed by atoms with Gasteiger partial charge in [-0.3, -0.25) is 0 Å². The summed E-state index contributed by atoms with van der Waals surface area (Å²) in [5.74, 6) is 0. The maximum atomic E-state index is 8.60. The fourth-order valence-corrected chi connectivity index (χ4v) is 0.268. The van der Waals surface area contributed by atoms with E-state index in [4.69, 9.17) is 10.2 Å². The lowest BCUT2D eigenvalue weighted by Gasteiger charge is -1.94. The van der Waals surface area contributed by atoms with Gasteiger partial charge in [-0.1, -0.05) is 24.8 Å². The van der Waals surface area contributed by atoms with Gasteiger partial charge in [0.2, 0.25) is 0 Å². The highest BCUT2D eigenvalue weighted by molar-refractivity contribution is 5.00. The van der Waals surface area contributed by atoms with Crippen LogP contribution >= 0.6 is 0 Å². The molecule has 0 fully saturated rings. The molecule has 2 N–H and O–H groups in total. The second-order valence-corrected chi connectivity index (χ2v) is 1.37. The number of aliphatic hydroxyl groups excluding tert-OH is 2. The van der Waals surface area contributed by atoms with Gasteiger partial charge in [0, 0.05) is 0 Å². The third-order valence-electron chi connectivity index (χ3n) is 0.656. The molecule has 0 rings (SSSR count).